The second-order valence-electron chi connectivity index (χ2n) is 3.18. The number of ether oxygens (including phenoxy) is 1. The van der Waals surface area contributed by atoms with Crippen LogP contribution < -0.4 is 5.73 Å². The summed E-state index contributed by atoms with van der Waals surface area (Å²) in [5, 5.41) is 28.0. The van der Waals surface area contributed by atoms with Crippen LogP contribution in [0.1, 0.15) is 11.5 Å². The first-order valence-electron chi connectivity index (χ1n) is 4.54. The highest BCUT2D eigenvalue weighted by Crippen LogP contribution is 2.40. The topological polar surface area (TPSA) is 113 Å². The number of carbonyl (C=O) groups excluding carboxylic acids is 1. The van der Waals surface area contributed by atoms with E-state index in [-0.39, 0.29) is 12.1 Å². The van der Waals surface area contributed by atoms with Crippen molar-refractivity contribution in [1.29, 1.82) is 0 Å². The first-order valence-corrected chi connectivity index (χ1v) is 4.54. The Morgan fingerprint density at radius 3 is 2.50 bits per heavy atom. The van der Waals surface area contributed by atoms with E-state index in [0.717, 1.165) is 6.07 Å². The van der Waals surface area contributed by atoms with Gasteiger partial charge in [-0.15, -0.1) is 0 Å². The van der Waals surface area contributed by atoms with Crippen molar-refractivity contribution in [3.05, 3.63) is 17.7 Å². The lowest BCUT2D eigenvalue weighted by Gasteiger charge is -2.15. The highest BCUT2D eigenvalue weighted by atomic mass is 16.5. The lowest BCUT2D eigenvalue weighted by molar-refractivity contribution is -0.142. The lowest BCUT2D eigenvalue weighted by atomic mass is 9.97. The Morgan fingerprint density at radius 1 is 1.38 bits per heavy atom. The lowest BCUT2D eigenvalue weighted by Crippen LogP contribution is -2.22. The molecule has 6 nitrogen and oxygen atoms in total. The van der Waals surface area contributed by atoms with Crippen LogP contribution in [0.4, 0.5) is 0 Å². The Hall–Kier alpha value is -1.95. The third-order valence-corrected chi connectivity index (χ3v) is 2.26. The van der Waals surface area contributed by atoms with Gasteiger partial charge >= 0.3 is 5.97 Å². The van der Waals surface area contributed by atoms with Crippen LogP contribution in [0.15, 0.2) is 12.1 Å². The molecule has 1 aromatic carbocycles. The largest absolute Gasteiger partial charge is 0.504 e. The van der Waals surface area contributed by atoms with Gasteiger partial charge in [0.15, 0.2) is 11.5 Å². The molecule has 0 heterocycles. The predicted molar refractivity (Wildman–Crippen MR) is 55.2 cm³/mol. The predicted octanol–water partition coefficient (Wildman–Crippen LogP) is 0.0187. The molecule has 0 aliphatic heterocycles. The number of carbonyl (C=O) groups is 1. The smallest absolute Gasteiger partial charge is 0.314 e. The first-order chi connectivity index (χ1) is 7.52. The number of rotatable bonds is 3. The fourth-order valence-corrected chi connectivity index (χ4v) is 1.36. The summed E-state index contributed by atoms with van der Waals surface area (Å²) in [6, 6.07) is 2.47. The number of esters is 1. The van der Waals surface area contributed by atoms with Crippen molar-refractivity contribution in [1.82, 2.24) is 0 Å². The molecule has 0 aliphatic rings. The number of nitrogens with two attached hydrogens (primary N) is 1. The van der Waals surface area contributed by atoms with Gasteiger partial charge in [0, 0.05) is 12.1 Å². The Labute approximate surface area is 91.9 Å². The summed E-state index contributed by atoms with van der Waals surface area (Å²) in [6.07, 6.45) is 0. The number of hydrogen-bond acceptors (Lipinski definition) is 6. The number of methoxy groups -OCH3 is 1. The molecule has 0 saturated carbocycles. The van der Waals surface area contributed by atoms with Gasteiger partial charge in [-0.2, -0.15) is 0 Å². The summed E-state index contributed by atoms with van der Waals surface area (Å²) >= 11 is 0. The summed E-state index contributed by atoms with van der Waals surface area (Å²) < 4.78 is 4.51. The molecule has 0 fully saturated rings. The third kappa shape index (κ3) is 2.01. The second kappa shape index (κ2) is 4.71. The van der Waals surface area contributed by atoms with Gasteiger partial charge < -0.3 is 25.8 Å². The second-order valence-corrected chi connectivity index (χ2v) is 3.18. The van der Waals surface area contributed by atoms with Gasteiger partial charge in [-0.3, -0.25) is 4.79 Å². The number of hydrogen-bond donors (Lipinski definition) is 4. The molecule has 0 radical (unpaired) electrons. The van der Waals surface area contributed by atoms with E-state index < -0.39 is 29.1 Å². The van der Waals surface area contributed by atoms with Crippen molar-refractivity contribution >= 4 is 5.97 Å². The fourth-order valence-electron chi connectivity index (χ4n) is 1.36. The van der Waals surface area contributed by atoms with Crippen LogP contribution in [0.2, 0.25) is 0 Å². The molecular weight excluding hydrogens is 214 g/mol. The highest BCUT2D eigenvalue weighted by molar-refractivity contribution is 5.80. The molecule has 0 bridgehead atoms. The van der Waals surface area contributed by atoms with Crippen molar-refractivity contribution in [2.45, 2.75) is 5.92 Å². The maximum Gasteiger partial charge on any atom is 0.314 e. The molecule has 88 valence electrons. The van der Waals surface area contributed by atoms with E-state index in [9.17, 15) is 15.0 Å². The van der Waals surface area contributed by atoms with Crippen LogP contribution >= 0.6 is 0 Å². The molecule has 1 rings (SSSR count). The van der Waals surface area contributed by atoms with Gasteiger partial charge in [-0.1, -0.05) is 6.07 Å². The van der Waals surface area contributed by atoms with E-state index in [2.05, 4.69) is 4.74 Å². The summed E-state index contributed by atoms with van der Waals surface area (Å²) in [5.41, 5.74) is 5.50. The van der Waals surface area contributed by atoms with E-state index in [4.69, 9.17) is 10.8 Å². The van der Waals surface area contributed by atoms with E-state index in [1.807, 2.05) is 0 Å². The maximum absolute atomic E-state index is 11.3. The molecule has 16 heavy (non-hydrogen) atoms. The Balaban J connectivity index is 3.21. The van der Waals surface area contributed by atoms with Crippen molar-refractivity contribution < 1.29 is 24.9 Å². The van der Waals surface area contributed by atoms with Crippen LogP contribution in [-0.4, -0.2) is 34.9 Å². The standard InChI is InChI=1S/C10H13NO5/c1-16-10(15)6(4-11)5-2-3-7(12)9(14)8(5)13/h2-3,6,12-14H,4,11H2,1H3. The van der Waals surface area contributed by atoms with Crippen molar-refractivity contribution in [3.63, 3.8) is 0 Å². The molecule has 1 aromatic rings. The minimum Gasteiger partial charge on any atom is -0.504 e. The summed E-state index contributed by atoms with van der Waals surface area (Å²) in [4.78, 5) is 11.3. The number of phenols is 3. The van der Waals surface area contributed by atoms with Gasteiger partial charge in [0.05, 0.1) is 13.0 Å². The highest BCUT2D eigenvalue weighted by Gasteiger charge is 2.25. The monoisotopic (exact) mass is 227 g/mol. The van der Waals surface area contributed by atoms with Gasteiger partial charge in [-0.05, 0) is 6.07 Å². The average Bonchev–Trinajstić information content (AvgIpc) is 2.29. The van der Waals surface area contributed by atoms with E-state index >= 15 is 0 Å². The number of benzene rings is 1. The molecule has 6 heteroatoms. The Kier molecular flexibility index (Phi) is 3.57. The van der Waals surface area contributed by atoms with Gasteiger partial charge in [0.2, 0.25) is 5.75 Å². The third-order valence-electron chi connectivity index (χ3n) is 2.26. The van der Waals surface area contributed by atoms with Gasteiger partial charge in [0.25, 0.3) is 0 Å². The minimum atomic E-state index is -0.878. The average molecular weight is 227 g/mol. The van der Waals surface area contributed by atoms with Crippen LogP contribution in [0, 0.1) is 0 Å². The van der Waals surface area contributed by atoms with E-state index in [1.54, 1.807) is 0 Å². The first kappa shape index (κ1) is 12.1. The molecule has 0 amide bonds. The van der Waals surface area contributed by atoms with E-state index in [0.29, 0.717) is 0 Å². The zero-order chi connectivity index (χ0) is 12.3. The molecule has 0 aliphatic carbocycles. The molecule has 0 spiro atoms. The Bertz CT molecular complexity index is 404. The van der Waals surface area contributed by atoms with Crippen molar-refractivity contribution in [3.8, 4) is 17.2 Å². The van der Waals surface area contributed by atoms with Crippen molar-refractivity contribution in [2.75, 3.05) is 13.7 Å². The van der Waals surface area contributed by atoms with Crippen LogP contribution in [0.5, 0.6) is 17.2 Å². The van der Waals surface area contributed by atoms with Gasteiger partial charge in [-0.25, -0.2) is 0 Å². The summed E-state index contributed by atoms with van der Waals surface area (Å²) in [6.45, 7) is -0.0789. The zero-order valence-corrected chi connectivity index (χ0v) is 8.67. The molecule has 0 saturated heterocycles. The van der Waals surface area contributed by atoms with Crippen LogP contribution in [-0.2, 0) is 9.53 Å². The Morgan fingerprint density at radius 2 is 2.00 bits per heavy atom. The molecule has 5 N–H and O–H groups in total. The molecular formula is C10H13NO5. The number of aromatic hydroxyl groups is 3. The SMILES string of the molecule is COC(=O)C(CN)c1ccc(O)c(O)c1O. The molecule has 1 atom stereocenters. The van der Waals surface area contributed by atoms with Crippen molar-refractivity contribution in [2.24, 2.45) is 5.73 Å². The summed E-state index contributed by atoms with van der Waals surface area (Å²) in [5.74, 6) is -3.22. The van der Waals surface area contributed by atoms with E-state index in [1.165, 1.54) is 13.2 Å². The normalized spacial score (nSPS) is 12.1. The maximum atomic E-state index is 11.3. The zero-order valence-electron chi connectivity index (χ0n) is 8.67. The number of phenolic OH excluding ortho intramolecular Hbond substituents is 3. The fraction of sp³-hybridized carbons (Fsp3) is 0.300. The van der Waals surface area contributed by atoms with Crippen LogP contribution in [0.25, 0.3) is 0 Å². The minimum absolute atomic E-state index is 0.0789. The summed E-state index contributed by atoms with van der Waals surface area (Å²) in [7, 11) is 1.20. The molecule has 0 aromatic heterocycles. The van der Waals surface area contributed by atoms with Gasteiger partial charge in [0.1, 0.15) is 0 Å². The van der Waals surface area contributed by atoms with Crippen LogP contribution in [0.3, 0.4) is 0 Å². The quantitative estimate of drug-likeness (QED) is 0.427. The molecule has 1 unspecified atom stereocenters.